The summed E-state index contributed by atoms with van der Waals surface area (Å²) < 4.78 is 7.02. The Hall–Kier alpha value is -1.29. The summed E-state index contributed by atoms with van der Waals surface area (Å²) in [7, 11) is 0. The van der Waals surface area contributed by atoms with Crippen LogP contribution in [0.15, 0.2) is 25.1 Å². The zero-order valence-electron chi connectivity index (χ0n) is 9.28. The first-order valence-electron chi connectivity index (χ1n) is 5.32. The van der Waals surface area contributed by atoms with Gasteiger partial charge in [0.15, 0.2) is 0 Å². The molecule has 0 aliphatic rings. The van der Waals surface area contributed by atoms with E-state index in [0.29, 0.717) is 0 Å². The molecule has 0 aromatic carbocycles. The Labute approximate surface area is 90.9 Å². The highest BCUT2D eigenvalue weighted by Gasteiger charge is 1.98. The Kier molecular flexibility index (Phi) is 5.55. The lowest BCUT2D eigenvalue weighted by molar-refractivity contribution is 0.244. The van der Waals surface area contributed by atoms with Crippen molar-refractivity contribution in [3.63, 3.8) is 0 Å². The van der Waals surface area contributed by atoms with E-state index < -0.39 is 0 Å². The summed E-state index contributed by atoms with van der Waals surface area (Å²) in [5.41, 5.74) is 1.22. The second-order valence-electron chi connectivity index (χ2n) is 3.21. The summed E-state index contributed by atoms with van der Waals surface area (Å²) >= 11 is 0. The molecule has 0 unspecified atom stereocenters. The van der Waals surface area contributed by atoms with Crippen molar-refractivity contribution in [2.45, 2.75) is 26.4 Å². The van der Waals surface area contributed by atoms with Crippen LogP contribution in [0, 0.1) is 0 Å². The van der Waals surface area contributed by atoms with Gasteiger partial charge in [-0.25, -0.2) is 0 Å². The lowest BCUT2D eigenvalue weighted by atomic mass is 10.4. The predicted octanol–water partition coefficient (Wildman–Crippen LogP) is 1.54. The van der Waals surface area contributed by atoms with Crippen molar-refractivity contribution in [2.75, 3.05) is 13.2 Å². The van der Waals surface area contributed by atoms with Crippen LogP contribution in [0.1, 0.15) is 19.0 Å². The van der Waals surface area contributed by atoms with Gasteiger partial charge >= 0.3 is 0 Å². The van der Waals surface area contributed by atoms with Crippen molar-refractivity contribution in [3.8, 4) is 0 Å². The van der Waals surface area contributed by atoms with E-state index in [4.69, 9.17) is 4.74 Å². The van der Waals surface area contributed by atoms with Gasteiger partial charge < -0.3 is 10.1 Å². The molecular formula is C11H19N3O. The SMILES string of the molecule is C=COCCCNCc1ccnn1CC. The lowest BCUT2D eigenvalue weighted by Gasteiger charge is -2.06. The van der Waals surface area contributed by atoms with Crippen LogP contribution in [0.4, 0.5) is 0 Å². The number of hydrogen-bond donors (Lipinski definition) is 1. The van der Waals surface area contributed by atoms with Gasteiger partial charge in [-0.15, -0.1) is 0 Å². The monoisotopic (exact) mass is 209 g/mol. The first kappa shape index (κ1) is 11.8. The molecule has 1 N–H and O–H groups in total. The molecule has 1 aromatic rings. The number of ether oxygens (including phenoxy) is 1. The van der Waals surface area contributed by atoms with E-state index in [-0.39, 0.29) is 0 Å². The highest BCUT2D eigenvalue weighted by Crippen LogP contribution is 1.97. The smallest absolute Gasteiger partial charge is 0.0885 e. The van der Waals surface area contributed by atoms with Gasteiger partial charge in [-0.3, -0.25) is 4.68 Å². The molecule has 1 aromatic heterocycles. The van der Waals surface area contributed by atoms with Crippen LogP contribution in [0.3, 0.4) is 0 Å². The van der Waals surface area contributed by atoms with Gasteiger partial charge in [0.1, 0.15) is 0 Å². The van der Waals surface area contributed by atoms with E-state index in [1.54, 1.807) is 0 Å². The second-order valence-corrected chi connectivity index (χ2v) is 3.21. The molecule has 1 heterocycles. The zero-order valence-corrected chi connectivity index (χ0v) is 9.28. The number of nitrogens with one attached hydrogen (secondary N) is 1. The van der Waals surface area contributed by atoms with Crippen molar-refractivity contribution in [1.82, 2.24) is 15.1 Å². The van der Waals surface area contributed by atoms with E-state index >= 15 is 0 Å². The van der Waals surface area contributed by atoms with Gasteiger partial charge in [-0.2, -0.15) is 5.10 Å². The third kappa shape index (κ3) is 4.16. The molecule has 84 valence electrons. The van der Waals surface area contributed by atoms with E-state index in [1.807, 2.05) is 16.9 Å². The predicted molar refractivity (Wildman–Crippen MR) is 60.4 cm³/mol. The molecule has 0 spiro atoms. The molecule has 0 bridgehead atoms. The quantitative estimate of drug-likeness (QED) is 0.521. The third-order valence-corrected chi connectivity index (χ3v) is 2.14. The molecule has 4 heteroatoms. The first-order valence-corrected chi connectivity index (χ1v) is 5.32. The van der Waals surface area contributed by atoms with Gasteiger partial charge in [0.05, 0.1) is 18.6 Å². The van der Waals surface area contributed by atoms with Gasteiger partial charge in [0.2, 0.25) is 0 Å². The summed E-state index contributed by atoms with van der Waals surface area (Å²) in [5, 5.41) is 7.55. The van der Waals surface area contributed by atoms with Crippen LogP contribution < -0.4 is 5.32 Å². The van der Waals surface area contributed by atoms with E-state index in [1.165, 1.54) is 12.0 Å². The van der Waals surface area contributed by atoms with Crippen LogP contribution in [0.2, 0.25) is 0 Å². The minimum absolute atomic E-state index is 0.726. The second kappa shape index (κ2) is 7.06. The van der Waals surface area contributed by atoms with Crippen molar-refractivity contribution in [3.05, 3.63) is 30.8 Å². The summed E-state index contributed by atoms with van der Waals surface area (Å²) in [6.45, 7) is 9.04. The fourth-order valence-electron chi connectivity index (χ4n) is 1.38. The summed E-state index contributed by atoms with van der Waals surface area (Å²) in [6.07, 6.45) is 4.31. The molecule has 0 fully saturated rings. The topological polar surface area (TPSA) is 39.1 Å². The highest BCUT2D eigenvalue weighted by atomic mass is 16.5. The van der Waals surface area contributed by atoms with E-state index in [9.17, 15) is 0 Å². The maximum absolute atomic E-state index is 5.02. The molecule has 0 amide bonds. The molecule has 0 atom stereocenters. The van der Waals surface area contributed by atoms with Crippen molar-refractivity contribution in [1.29, 1.82) is 0 Å². The normalized spacial score (nSPS) is 10.2. The average molecular weight is 209 g/mol. The third-order valence-electron chi connectivity index (χ3n) is 2.14. The van der Waals surface area contributed by atoms with Gasteiger partial charge in [-0.05, 0) is 26.0 Å². The van der Waals surface area contributed by atoms with Gasteiger partial charge in [0.25, 0.3) is 0 Å². The minimum atomic E-state index is 0.726. The molecule has 0 radical (unpaired) electrons. The molecule has 4 nitrogen and oxygen atoms in total. The number of aromatic nitrogens is 2. The van der Waals surface area contributed by atoms with E-state index in [0.717, 1.165) is 32.7 Å². The molecule has 0 saturated heterocycles. The number of aryl methyl sites for hydroxylation is 1. The molecule has 0 aliphatic heterocycles. The van der Waals surface area contributed by atoms with E-state index in [2.05, 4.69) is 23.9 Å². The molecular weight excluding hydrogens is 190 g/mol. The van der Waals surface area contributed by atoms with Gasteiger partial charge in [0, 0.05) is 19.3 Å². The fraction of sp³-hybridized carbons (Fsp3) is 0.545. The Morgan fingerprint density at radius 3 is 3.27 bits per heavy atom. The lowest BCUT2D eigenvalue weighted by Crippen LogP contribution is -2.18. The Balaban J connectivity index is 2.12. The van der Waals surface area contributed by atoms with Crippen LogP contribution in [-0.2, 0) is 17.8 Å². The fourth-order valence-corrected chi connectivity index (χ4v) is 1.38. The average Bonchev–Trinajstić information content (AvgIpc) is 2.70. The number of rotatable bonds is 8. The Bertz CT molecular complexity index is 283. The van der Waals surface area contributed by atoms with Crippen molar-refractivity contribution in [2.24, 2.45) is 0 Å². The summed E-state index contributed by atoms with van der Waals surface area (Å²) in [5.74, 6) is 0. The maximum Gasteiger partial charge on any atom is 0.0885 e. The Morgan fingerprint density at radius 1 is 1.67 bits per heavy atom. The maximum atomic E-state index is 5.02. The van der Waals surface area contributed by atoms with Crippen molar-refractivity contribution >= 4 is 0 Å². The molecule has 15 heavy (non-hydrogen) atoms. The van der Waals surface area contributed by atoms with Crippen LogP contribution in [-0.4, -0.2) is 22.9 Å². The van der Waals surface area contributed by atoms with Crippen molar-refractivity contribution < 1.29 is 4.74 Å². The first-order chi connectivity index (χ1) is 7.38. The minimum Gasteiger partial charge on any atom is -0.502 e. The summed E-state index contributed by atoms with van der Waals surface area (Å²) in [6, 6.07) is 2.04. The highest BCUT2D eigenvalue weighted by molar-refractivity contribution is 4.99. The molecule has 1 rings (SSSR count). The molecule has 0 saturated carbocycles. The zero-order chi connectivity index (χ0) is 10.9. The van der Waals surface area contributed by atoms with Gasteiger partial charge in [-0.1, -0.05) is 6.58 Å². The standard InChI is InChI=1S/C11H19N3O/c1-3-14-11(6-8-13-14)10-12-7-5-9-15-4-2/h4,6,8,12H,2-3,5,7,9-10H2,1H3. The Morgan fingerprint density at radius 2 is 2.53 bits per heavy atom. The van der Waals surface area contributed by atoms with Crippen LogP contribution in [0.5, 0.6) is 0 Å². The largest absolute Gasteiger partial charge is 0.502 e. The number of nitrogens with zero attached hydrogens (tertiary/aromatic N) is 2. The van der Waals surface area contributed by atoms with Crippen LogP contribution >= 0.6 is 0 Å². The summed E-state index contributed by atoms with van der Waals surface area (Å²) in [4.78, 5) is 0. The number of hydrogen-bond acceptors (Lipinski definition) is 3. The molecule has 0 aliphatic carbocycles. The van der Waals surface area contributed by atoms with Crippen LogP contribution in [0.25, 0.3) is 0 Å².